The predicted molar refractivity (Wildman–Crippen MR) is 108 cm³/mol. The molecule has 1 aromatic carbocycles. The van der Waals surface area contributed by atoms with Crippen LogP contribution in [0, 0.1) is 11.3 Å². The van der Waals surface area contributed by atoms with Crippen molar-refractivity contribution in [3.8, 4) is 11.8 Å². The molecule has 1 fully saturated rings. The number of nitriles is 1. The normalized spacial score (nSPS) is 14.9. The second-order valence-electron chi connectivity index (χ2n) is 6.41. The fraction of sp³-hybridized carbons (Fsp3) is 0.429. The van der Waals surface area contributed by atoms with Crippen LogP contribution < -0.4 is 10.1 Å². The zero-order chi connectivity index (χ0) is 19.6. The molecule has 7 heteroatoms. The minimum atomic E-state index is 0.276. The molecule has 148 valence electrons. The summed E-state index contributed by atoms with van der Waals surface area (Å²) < 4.78 is 16.5. The molecule has 1 N–H and O–H groups in total. The third-order valence-electron chi connectivity index (χ3n) is 4.40. The number of rotatable bonds is 9. The summed E-state index contributed by atoms with van der Waals surface area (Å²) in [5.41, 5.74) is 1.28. The Bertz CT molecular complexity index is 802. The Balaban J connectivity index is 1.52. The van der Waals surface area contributed by atoms with E-state index in [0.29, 0.717) is 18.4 Å². The Morgan fingerprint density at radius 1 is 1.25 bits per heavy atom. The minimum Gasteiger partial charge on any atom is -0.494 e. The standard InChI is InChI=1S/C21H26N4O3/c1-2-27-18-7-4-17(5-8-18)6-9-20-24-19(16-22)21(28-20)23-10-3-11-25-12-14-26-15-13-25/h4-9,23H,2-3,10-15H2,1H3/b9-6+. The number of hydrogen-bond acceptors (Lipinski definition) is 7. The van der Waals surface area contributed by atoms with Gasteiger partial charge in [-0.1, -0.05) is 12.1 Å². The van der Waals surface area contributed by atoms with Crippen molar-refractivity contribution in [2.45, 2.75) is 13.3 Å². The molecule has 0 spiro atoms. The van der Waals surface area contributed by atoms with E-state index in [1.165, 1.54) is 0 Å². The average molecular weight is 382 g/mol. The van der Waals surface area contributed by atoms with Crippen LogP contribution in [-0.2, 0) is 4.74 Å². The van der Waals surface area contributed by atoms with Gasteiger partial charge in [0.1, 0.15) is 11.8 Å². The molecular weight excluding hydrogens is 356 g/mol. The summed E-state index contributed by atoms with van der Waals surface area (Å²) >= 11 is 0. The van der Waals surface area contributed by atoms with Crippen molar-refractivity contribution in [1.29, 1.82) is 5.26 Å². The van der Waals surface area contributed by atoms with Crippen molar-refractivity contribution in [3.05, 3.63) is 41.4 Å². The zero-order valence-electron chi connectivity index (χ0n) is 16.2. The van der Waals surface area contributed by atoms with Crippen molar-refractivity contribution in [2.75, 3.05) is 51.3 Å². The van der Waals surface area contributed by atoms with E-state index in [2.05, 4.69) is 21.3 Å². The highest BCUT2D eigenvalue weighted by molar-refractivity contribution is 5.67. The van der Waals surface area contributed by atoms with Crippen LogP contribution >= 0.6 is 0 Å². The smallest absolute Gasteiger partial charge is 0.232 e. The quantitative estimate of drug-likeness (QED) is 0.667. The van der Waals surface area contributed by atoms with E-state index in [0.717, 1.165) is 57.1 Å². The van der Waals surface area contributed by atoms with Crippen LogP contribution in [0.3, 0.4) is 0 Å². The molecule has 1 aliphatic rings. The highest BCUT2D eigenvalue weighted by Crippen LogP contribution is 2.19. The Morgan fingerprint density at radius 3 is 2.75 bits per heavy atom. The fourth-order valence-electron chi connectivity index (χ4n) is 2.94. The van der Waals surface area contributed by atoms with Crippen molar-refractivity contribution < 1.29 is 13.9 Å². The summed E-state index contributed by atoms with van der Waals surface area (Å²) in [4.78, 5) is 6.61. The first-order valence-corrected chi connectivity index (χ1v) is 9.64. The van der Waals surface area contributed by atoms with Gasteiger partial charge in [0, 0.05) is 25.7 Å². The zero-order valence-corrected chi connectivity index (χ0v) is 16.2. The molecule has 1 saturated heterocycles. The van der Waals surface area contributed by atoms with Crippen molar-refractivity contribution in [1.82, 2.24) is 9.88 Å². The minimum absolute atomic E-state index is 0.276. The third-order valence-corrected chi connectivity index (χ3v) is 4.40. The maximum absolute atomic E-state index is 9.29. The Labute approximate surface area is 165 Å². The predicted octanol–water partition coefficient (Wildman–Crippen LogP) is 3.25. The number of nitrogens with zero attached hydrogens (tertiary/aromatic N) is 3. The van der Waals surface area contributed by atoms with E-state index in [1.54, 1.807) is 6.08 Å². The molecule has 2 heterocycles. The van der Waals surface area contributed by atoms with Gasteiger partial charge in [0.15, 0.2) is 0 Å². The number of ether oxygens (including phenoxy) is 2. The molecule has 0 aliphatic carbocycles. The Kier molecular flexibility index (Phi) is 7.47. The summed E-state index contributed by atoms with van der Waals surface area (Å²) in [5.74, 6) is 1.67. The molecule has 1 aliphatic heterocycles. The Hall–Kier alpha value is -2.82. The van der Waals surface area contributed by atoms with Gasteiger partial charge in [0.05, 0.1) is 19.8 Å². The van der Waals surface area contributed by atoms with Crippen LogP contribution in [0.15, 0.2) is 28.7 Å². The van der Waals surface area contributed by atoms with Crippen molar-refractivity contribution >= 4 is 18.0 Å². The lowest BCUT2D eigenvalue weighted by Crippen LogP contribution is -2.37. The van der Waals surface area contributed by atoms with Gasteiger partial charge in [-0.25, -0.2) is 0 Å². The topological polar surface area (TPSA) is 83.5 Å². The highest BCUT2D eigenvalue weighted by atomic mass is 16.5. The van der Waals surface area contributed by atoms with Crippen LogP contribution in [0.5, 0.6) is 5.75 Å². The number of anilines is 1. The van der Waals surface area contributed by atoms with Gasteiger partial charge in [-0.2, -0.15) is 10.2 Å². The molecule has 0 bridgehead atoms. The van der Waals surface area contributed by atoms with Crippen LogP contribution in [0.25, 0.3) is 12.2 Å². The number of morpholine rings is 1. The molecule has 28 heavy (non-hydrogen) atoms. The van der Waals surface area contributed by atoms with Gasteiger partial charge in [-0.15, -0.1) is 0 Å². The van der Waals surface area contributed by atoms with Gasteiger partial charge in [0.25, 0.3) is 0 Å². The van der Waals surface area contributed by atoms with E-state index in [4.69, 9.17) is 13.9 Å². The number of oxazole rings is 1. The van der Waals surface area contributed by atoms with E-state index < -0.39 is 0 Å². The van der Waals surface area contributed by atoms with Gasteiger partial charge in [-0.05, 0) is 43.7 Å². The number of hydrogen-bond donors (Lipinski definition) is 1. The first kappa shape index (κ1) is 19.9. The van der Waals surface area contributed by atoms with Crippen LogP contribution in [-0.4, -0.2) is 55.9 Å². The molecule has 7 nitrogen and oxygen atoms in total. The second kappa shape index (κ2) is 10.5. The largest absolute Gasteiger partial charge is 0.494 e. The van der Waals surface area contributed by atoms with E-state index in [1.807, 2.05) is 37.3 Å². The molecule has 0 radical (unpaired) electrons. The maximum Gasteiger partial charge on any atom is 0.232 e. The molecule has 0 atom stereocenters. The van der Waals surface area contributed by atoms with E-state index in [-0.39, 0.29) is 5.69 Å². The molecule has 0 amide bonds. The molecule has 2 aromatic rings. The summed E-state index contributed by atoms with van der Waals surface area (Å²) in [5, 5.41) is 12.5. The summed E-state index contributed by atoms with van der Waals surface area (Å²) in [6.45, 7) is 7.89. The lowest BCUT2D eigenvalue weighted by atomic mass is 10.2. The number of aromatic nitrogens is 1. The number of benzene rings is 1. The fourth-order valence-corrected chi connectivity index (χ4v) is 2.94. The van der Waals surface area contributed by atoms with Crippen LogP contribution in [0.1, 0.15) is 30.5 Å². The molecule has 0 unspecified atom stereocenters. The van der Waals surface area contributed by atoms with Crippen LogP contribution in [0.2, 0.25) is 0 Å². The molecular formula is C21H26N4O3. The first-order chi connectivity index (χ1) is 13.8. The lowest BCUT2D eigenvalue weighted by molar-refractivity contribution is 0.0378. The lowest BCUT2D eigenvalue weighted by Gasteiger charge is -2.26. The van der Waals surface area contributed by atoms with Gasteiger partial charge < -0.3 is 19.2 Å². The first-order valence-electron chi connectivity index (χ1n) is 9.64. The van der Waals surface area contributed by atoms with Crippen molar-refractivity contribution in [3.63, 3.8) is 0 Å². The van der Waals surface area contributed by atoms with Crippen molar-refractivity contribution in [2.24, 2.45) is 0 Å². The van der Waals surface area contributed by atoms with Gasteiger partial charge in [-0.3, -0.25) is 4.90 Å². The monoisotopic (exact) mass is 382 g/mol. The summed E-state index contributed by atoms with van der Waals surface area (Å²) in [6, 6.07) is 9.83. The Morgan fingerprint density at radius 2 is 2.04 bits per heavy atom. The summed E-state index contributed by atoms with van der Waals surface area (Å²) in [6.07, 6.45) is 4.61. The second-order valence-corrected chi connectivity index (χ2v) is 6.41. The number of nitrogens with one attached hydrogen (secondary N) is 1. The van der Waals surface area contributed by atoms with Gasteiger partial charge >= 0.3 is 0 Å². The maximum atomic E-state index is 9.29. The molecule has 1 aromatic heterocycles. The molecule has 3 rings (SSSR count). The van der Waals surface area contributed by atoms with E-state index in [9.17, 15) is 5.26 Å². The van der Waals surface area contributed by atoms with Crippen LogP contribution in [0.4, 0.5) is 5.88 Å². The summed E-state index contributed by atoms with van der Waals surface area (Å²) in [7, 11) is 0. The highest BCUT2D eigenvalue weighted by Gasteiger charge is 2.12. The average Bonchev–Trinajstić information content (AvgIpc) is 3.14. The SMILES string of the molecule is CCOc1ccc(/C=C/c2nc(C#N)c(NCCCN3CCOCC3)o2)cc1. The van der Waals surface area contributed by atoms with E-state index >= 15 is 0 Å². The third kappa shape index (κ3) is 5.84. The van der Waals surface area contributed by atoms with Gasteiger partial charge in [0.2, 0.25) is 17.5 Å². The molecule has 0 saturated carbocycles.